The minimum atomic E-state index is -0.351. The van der Waals surface area contributed by atoms with Gasteiger partial charge in [0.15, 0.2) is 0 Å². The second-order valence-corrected chi connectivity index (χ2v) is 5.14. The van der Waals surface area contributed by atoms with Gasteiger partial charge in [-0.15, -0.1) is 0 Å². The van der Waals surface area contributed by atoms with Crippen LogP contribution in [0.2, 0.25) is 0 Å². The summed E-state index contributed by atoms with van der Waals surface area (Å²) in [6.07, 6.45) is 3.09. The summed E-state index contributed by atoms with van der Waals surface area (Å²) in [5, 5.41) is 10.3. The van der Waals surface area contributed by atoms with E-state index in [9.17, 15) is 5.11 Å². The monoisotopic (exact) mass is 255 g/mol. The first-order valence-electron chi connectivity index (χ1n) is 6.81. The highest BCUT2D eigenvalue weighted by Crippen LogP contribution is 2.20. The maximum atomic E-state index is 10.3. The van der Waals surface area contributed by atoms with Crippen molar-refractivity contribution in [3.63, 3.8) is 0 Å². The Labute approximate surface area is 115 Å². The van der Waals surface area contributed by atoms with Crippen LogP contribution in [0.15, 0.2) is 48.7 Å². The minimum absolute atomic E-state index is 0.0750. The van der Waals surface area contributed by atoms with Gasteiger partial charge >= 0.3 is 0 Å². The van der Waals surface area contributed by atoms with E-state index >= 15 is 0 Å². The number of aliphatic hydroxyl groups is 1. The van der Waals surface area contributed by atoms with Gasteiger partial charge in [-0.25, -0.2) is 0 Å². The molecule has 1 aromatic carbocycles. The maximum absolute atomic E-state index is 10.3. The van der Waals surface area contributed by atoms with Crippen molar-refractivity contribution in [1.29, 1.82) is 0 Å². The number of aliphatic hydroxyl groups excluding tert-OH is 1. The molecule has 0 saturated heterocycles. The topological polar surface area (TPSA) is 33.1 Å². The molecule has 2 atom stereocenters. The summed E-state index contributed by atoms with van der Waals surface area (Å²) in [5.41, 5.74) is 3.51. The van der Waals surface area contributed by atoms with E-state index in [1.807, 2.05) is 25.1 Å². The van der Waals surface area contributed by atoms with Crippen LogP contribution in [-0.4, -0.2) is 16.2 Å². The third-order valence-electron chi connectivity index (χ3n) is 3.54. The number of nitrogens with zero attached hydrogens (tertiary/aromatic N) is 1. The molecule has 0 bridgehead atoms. The predicted molar refractivity (Wildman–Crippen MR) is 78.2 cm³/mol. The zero-order valence-electron chi connectivity index (χ0n) is 11.6. The van der Waals surface area contributed by atoms with Crippen LogP contribution < -0.4 is 0 Å². The number of hydrogen-bond acceptors (Lipinski definition) is 2. The zero-order valence-corrected chi connectivity index (χ0v) is 11.6. The lowest BCUT2D eigenvalue weighted by molar-refractivity contribution is 0.138. The van der Waals surface area contributed by atoms with E-state index < -0.39 is 0 Å². The van der Waals surface area contributed by atoms with Gasteiger partial charge < -0.3 is 5.11 Å². The predicted octanol–water partition coefficient (Wildman–Crippen LogP) is 3.49. The first-order chi connectivity index (χ1) is 9.16. The van der Waals surface area contributed by atoms with E-state index in [1.165, 1.54) is 11.1 Å². The smallest absolute Gasteiger partial charge is 0.0624 e. The van der Waals surface area contributed by atoms with Crippen LogP contribution in [0.3, 0.4) is 0 Å². The van der Waals surface area contributed by atoms with Gasteiger partial charge in [-0.1, -0.05) is 42.8 Å². The Morgan fingerprint density at radius 3 is 2.68 bits per heavy atom. The molecule has 0 aliphatic carbocycles. The Hall–Kier alpha value is -1.67. The van der Waals surface area contributed by atoms with Crippen molar-refractivity contribution in [1.82, 2.24) is 4.98 Å². The average molecular weight is 255 g/mol. The van der Waals surface area contributed by atoms with Gasteiger partial charge in [0.25, 0.3) is 0 Å². The van der Waals surface area contributed by atoms with E-state index in [0.29, 0.717) is 0 Å². The number of aromatic nitrogens is 1. The molecule has 2 unspecified atom stereocenters. The number of hydrogen-bond donors (Lipinski definition) is 1. The molecule has 2 rings (SSSR count). The van der Waals surface area contributed by atoms with Crippen LogP contribution in [0, 0.1) is 6.92 Å². The fraction of sp³-hybridized carbons (Fsp3) is 0.353. The molecule has 0 saturated carbocycles. The second-order valence-electron chi connectivity index (χ2n) is 5.14. The van der Waals surface area contributed by atoms with Crippen LogP contribution in [0.5, 0.6) is 0 Å². The Morgan fingerprint density at radius 1 is 1.16 bits per heavy atom. The van der Waals surface area contributed by atoms with Crippen molar-refractivity contribution >= 4 is 0 Å². The second kappa shape index (κ2) is 6.48. The summed E-state index contributed by atoms with van der Waals surface area (Å²) < 4.78 is 0. The summed E-state index contributed by atoms with van der Waals surface area (Å²) in [4.78, 5) is 4.31. The summed E-state index contributed by atoms with van der Waals surface area (Å²) in [5.74, 6) is 0.0750. The fourth-order valence-corrected chi connectivity index (χ4v) is 2.27. The first kappa shape index (κ1) is 13.8. The molecule has 0 amide bonds. The highest BCUT2D eigenvalue weighted by atomic mass is 16.3. The van der Waals surface area contributed by atoms with Gasteiger partial charge in [-0.3, -0.25) is 4.98 Å². The molecule has 19 heavy (non-hydrogen) atoms. The summed E-state index contributed by atoms with van der Waals surface area (Å²) in [6, 6.07) is 14.3. The van der Waals surface area contributed by atoms with Crippen molar-refractivity contribution in [2.75, 3.05) is 0 Å². The fourth-order valence-electron chi connectivity index (χ4n) is 2.27. The number of benzene rings is 1. The molecule has 1 N–H and O–H groups in total. The van der Waals surface area contributed by atoms with E-state index in [-0.39, 0.29) is 12.0 Å². The van der Waals surface area contributed by atoms with Gasteiger partial charge in [0.1, 0.15) is 0 Å². The number of pyridine rings is 1. The average Bonchev–Trinajstić information content (AvgIpc) is 2.45. The Morgan fingerprint density at radius 2 is 2.00 bits per heavy atom. The van der Waals surface area contributed by atoms with Crippen LogP contribution in [0.4, 0.5) is 0 Å². The van der Waals surface area contributed by atoms with Gasteiger partial charge in [0.05, 0.1) is 6.10 Å². The van der Waals surface area contributed by atoms with Gasteiger partial charge in [0.2, 0.25) is 0 Å². The zero-order chi connectivity index (χ0) is 13.7. The van der Waals surface area contributed by atoms with Crippen molar-refractivity contribution in [2.45, 2.75) is 38.7 Å². The molecular formula is C17H21NO. The van der Waals surface area contributed by atoms with Crippen molar-refractivity contribution in [2.24, 2.45) is 0 Å². The largest absolute Gasteiger partial charge is 0.392 e. The van der Waals surface area contributed by atoms with Gasteiger partial charge in [-0.05, 0) is 37.5 Å². The molecule has 100 valence electrons. The summed E-state index contributed by atoms with van der Waals surface area (Å²) in [7, 11) is 0. The third kappa shape index (κ3) is 3.90. The van der Waals surface area contributed by atoms with E-state index in [0.717, 1.165) is 18.5 Å². The third-order valence-corrected chi connectivity index (χ3v) is 3.54. The molecular weight excluding hydrogens is 234 g/mol. The number of rotatable bonds is 5. The Balaban J connectivity index is 1.92. The molecule has 2 heteroatoms. The van der Waals surface area contributed by atoms with Crippen LogP contribution in [0.1, 0.15) is 36.1 Å². The lowest BCUT2D eigenvalue weighted by Gasteiger charge is -2.18. The van der Waals surface area contributed by atoms with Gasteiger partial charge in [-0.2, -0.15) is 0 Å². The Bertz CT molecular complexity index is 510. The van der Waals surface area contributed by atoms with E-state index in [4.69, 9.17) is 0 Å². The van der Waals surface area contributed by atoms with Crippen LogP contribution in [-0.2, 0) is 6.42 Å². The van der Waals surface area contributed by atoms with Crippen molar-refractivity contribution in [3.8, 4) is 0 Å². The van der Waals surface area contributed by atoms with Crippen molar-refractivity contribution < 1.29 is 5.11 Å². The van der Waals surface area contributed by atoms with E-state index in [1.54, 1.807) is 6.20 Å². The molecule has 0 fully saturated rings. The number of aryl methyl sites for hydroxylation is 2. The lowest BCUT2D eigenvalue weighted by atomic mass is 9.94. The summed E-state index contributed by atoms with van der Waals surface area (Å²) in [6.45, 7) is 4.12. The van der Waals surface area contributed by atoms with E-state index in [2.05, 4.69) is 36.2 Å². The van der Waals surface area contributed by atoms with Crippen molar-refractivity contribution in [3.05, 3.63) is 65.5 Å². The molecule has 1 aromatic heterocycles. The standard InChI is InChI=1S/C17H21NO/c1-13-6-5-7-15(12-13)9-10-17(19)14(2)16-8-3-4-11-18-16/h3-8,11-12,14,17,19H,9-10H2,1-2H3. The molecule has 2 nitrogen and oxygen atoms in total. The highest BCUT2D eigenvalue weighted by Gasteiger charge is 2.16. The molecule has 0 spiro atoms. The highest BCUT2D eigenvalue weighted by molar-refractivity contribution is 5.22. The Kier molecular flexibility index (Phi) is 4.69. The quantitative estimate of drug-likeness (QED) is 0.887. The SMILES string of the molecule is Cc1cccc(CCC(O)C(C)c2ccccn2)c1. The molecule has 2 aromatic rings. The molecule has 1 heterocycles. The van der Waals surface area contributed by atoms with Gasteiger partial charge in [0, 0.05) is 17.8 Å². The molecule has 0 aliphatic rings. The molecule has 0 radical (unpaired) electrons. The normalized spacial score (nSPS) is 14.1. The van der Waals surface area contributed by atoms with Crippen LogP contribution in [0.25, 0.3) is 0 Å². The first-order valence-corrected chi connectivity index (χ1v) is 6.81. The van der Waals surface area contributed by atoms with Crippen LogP contribution >= 0.6 is 0 Å². The lowest BCUT2D eigenvalue weighted by Crippen LogP contribution is -2.17. The summed E-state index contributed by atoms with van der Waals surface area (Å²) >= 11 is 0. The molecule has 0 aliphatic heterocycles. The minimum Gasteiger partial charge on any atom is -0.392 e. The maximum Gasteiger partial charge on any atom is 0.0624 e.